The van der Waals surface area contributed by atoms with E-state index in [9.17, 15) is 4.79 Å². The number of hydrogen-bond acceptors (Lipinski definition) is 2. The maximum Gasteiger partial charge on any atom is 0.315 e. The van der Waals surface area contributed by atoms with Crippen molar-refractivity contribution in [2.45, 2.75) is 19.0 Å². The minimum absolute atomic E-state index is 0.0158. The van der Waals surface area contributed by atoms with Crippen LogP contribution in [0.15, 0.2) is 40.9 Å². The van der Waals surface area contributed by atoms with E-state index in [1.807, 2.05) is 36.4 Å². The first-order chi connectivity index (χ1) is 9.17. The van der Waals surface area contributed by atoms with E-state index < -0.39 is 0 Å². The van der Waals surface area contributed by atoms with Crippen LogP contribution in [0, 0.1) is 5.92 Å². The fourth-order valence-corrected chi connectivity index (χ4v) is 2.29. The van der Waals surface area contributed by atoms with Crippen LogP contribution >= 0.6 is 15.9 Å². The largest absolute Gasteiger partial charge is 0.396 e. The van der Waals surface area contributed by atoms with Gasteiger partial charge in [0, 0.05) is 29.6 Å². The highest BCUT2D eigenvalue weighted by molar-refractivity contribution is 9.10. The standard InChI is InChI=1S/C14H17BrN2O2/c15-12-4-1-10(2-5-12)8-16-14(19)17-13-6-3-11(7-13)9-18/h1-6,11,13,18H,7-9H2,(H2,16,17,19)/t11-,13+/m0/s1. The van der Waals surface area contributed by atoms with Gasteiger partial charge in [-0.15, -0.1) is 0 Å². The highest BCUT2D eigenvalue weighted by Gasteiger charge is 2.19. The zero-order valence-electron chi connectivity index (χ0n) is 10.5. The van der Waals surface area contributed by atoms with Crippen LogP contribution in [0.5, 0.6) is 0 Å². The second-order valence-electron chi connectivity index (χ2n) is 4.62. The molecule has 1 aliphatic carbocycles. The normalized spacial score (nSPS) is 21.4. The van der Waals surface area contributed by atoms with Gasteiger partial charge >= 0.3 is 6.03 Å². The predicted molar refractivity (Wildman–Crippen MR) is 77.6 cm³/mol. The van der Waals surface area contributed by atoms with Gasteiger partial charge in [-0.05, 0) is 24.1 Å². The van der Waals surface area contributed by atoms with E-state index in [-0.39, 0.29) is 24.6 Å². The average Bonchev–Trinajstić information content (AvgIpc) is 2.86. The van der Waals surface area contributed by atoms with Crippen LogP contribution in [0.1, 0.15) is 12.0 Å². The molecule has 5 heteroatoms. The zero-order chi connectivity index (χ0) is 13.7. The molecule has 0 heterocycles. The quantitative estimate of drug-likeness (QED) is 0.743. The number of urea groups is 1. The molecule has 0 fully saturated rings. The predicted octanol–water partition coefficient (Wildman–Crippen LogP) is 2.19. The minimum Gasteiger partial charge on any atom is -0.396 e. The number of amides is 2. The van der Waals surface area contributed by atoms with Gasteiger partial charge in [-0.3, -0.25) is 0 Å². The van der Waals surface area contributed by atoms with Crippen molar-refractivity contribution in [3.63, 3.8) is 0 Å². The fraction of sp³-hybridized carbons (Fsp3) is 0.357. The Kier molecular flexibility index (Phi) is 4.99. The molecular formula is C14H17BrN2O2. The molecule has 1 aromatic rings. The van der Waals surface area contributed by atoms with E-state index in [1.54, 1.807) is 0 Å². The van der Waals surface area contributed by atoms with E-state index in [0.717, 1.165) is 16.5 Å². The Morgan fingerprint density at radius 2 is 2.05 bits per heavy atom. The van der Waals surface area contributed by atoms with Crippen molar-refractivity contribution in [1.82, 2.24) is 10.6 Å². The molecular weight excluding hydrogens is 308 g/mol. The molecule has 0 unspecified atom stereocenters. The van der Waals surface area contributed by atoms with Crippen molar-refractivity contribution < 1.29 is 9.90 Å². The molecule has 0 saturated heterocycles. The second kappa shape index (κ2) is 6.73. The molecule has 0 aliphatic heterocycles. The third-order valence-corrected chi connectivity index (χ3v) is 3.62. The van der Waals surface area contributed by atoms with Gasteiger partial charge in [0.25, 0.3) is 0 Å². The molecule has 0 bridgehead atoms. The summed E-state index contributed by atoms with van der Waals surface area (Å²) in [6, 6.07) is 7.64. The van der Waals surface area contributed by atoms with Crippen LogP contribution in [-0.4, -0.2) is 23.8 Å². The molecule has 0 radical (unpaired) electrons. The lowest BCUT2D eigenvalue weighted by Crippen LogP contribution is -2.40. The van der Waals surface area contributed by atoms with Crippen molar-refractivity contribution >= 4 is 22.0 Å². The summed E-state index contributed by atoms with van der Waals surface area (Å²) < 4.78 is 1.02. The maximum absolute atomic E-state index is 11.7. The van der Waals surface area contributed by atoms with Gasteiger partial charge < -0.3 is 15.7 Å². The molecule has 0 spiro atoms. The molecule has 2 atom stereocenters. The number of carbonyl (C=O) groups excluding carboxylic acids is 1. The third-order valence-electron chi connectivity index (χ3n) is 3.09. The number of aliphatic hydroxyl groups is 1. The number of benzene rings is 1. The molecule has 0 saturated carbocycles. The van der Waals surface area contributed by atoms with Crippen LogP contribution in [0.3, 0.4) is 0 Å². The van der Waals surface area contributed by atoms with Crippen LogP contribution in [0.4, 0.5) is 4.79 Å². The first-order valence-electron chi connectivity index (χ1n) is 6.25. The fourth-order valence-electron chi connectivity index (χ4n) is 2.02. The number of carbonyl (C=O) groups is 1. The SMILES string of the molecule is O=C(NCc1ccc(Br)cc1)N[C@@H]1C=C[C@H](CO)C1. The number of halogens is 1. The molecule has 2 rings (SSSR count). The first-order valence-corrected chi connectivity index (χ1v) is 7.04. The van der Waals surface area contributed by atoms with Crippen LogP contribution in [-0.2, 0) is 6.54 Å². The molecule has 3 N–H and O–H groups in total. The second-order valence-corrected chi connectivity index (χ2v) is 5.54. The minimum atomic E-state index is -0.184. The molecule has 102 valence electrons. The van der Waals surface area contributed by atoms with Gasteiger partial charge in [0.2, 0.25) is 0 Å². The molecule has 0 aromatic heterocycles. The number of nitrogens with one attached hydrogen (secondary N) is 2. The smallest absolute Gasteiger partial charge is 0.315 e. The lowest BCUT2D eigenvalue weighted by Gasteiger charge is -2.13. The topological polar surface area (TPSA) is 61.4 Å². The van der Waals surface area contributed by atoms with E-state index in [0.29, 0.717) is 6.54 Å². The van der Waals surface area contributed by atoms with Gasteiger partial charge in [-0.25, -0.2) is 4.79 Å². The van der Waals surface area contributed by atoms with Gasteiger partial charge in [0.1, 0.15) is 0 Å². The van der Waals surface area contributed by atoms with Crippen molar-refractivity contribution in [2.75, 3.05) is 6.61 Å². The van der Waals surface area contributed by atoms with E-state index in [2.05, 4.69) is 26.6 Å². The Morgan fingerprint density at radius 1 is 1.32 bits per heavy atom. The van der Waals surface area contributed by atoms with E-state index in [1.165, 1.54) is 0 Å². The van der Waals surface area contributed by atoms with Gasteiger partial charge in [0.05, 0.1) is 0 Å². The lowest BCUT2D eigenvalue weighted by atomic mass is 10.1. The third kappa shape index (κ3) is 4.36. The Balaban J connectivity index is 1.73. The van der Waals surface area contributed by atoms with Crippen molar-refractivity contribution in [3.05, 3.63) is 46.5 Å². The van der Waals surface area contributed by atoms with Crippen LogP contribution < -0.4 is 10.6 Å². The Bertz CT molecular complexity index is 459. The van der Waals surface area contributed by atoms with Gasteiger partial charge in [-0.1, -0.05) is 40.2 Å². The summed E-state index contributed by atoms with van der Waals surface area (Å²) in [5.41, 5.74) is 1.05. The number of hydrogen-bond donors (Lipinski definition) is 3. The zero-order valence-corrected chi connectivity index (χ0v) is 12.1. The number of rotatable bonds is 4. The summed E-state index contributed by atoms with van der Waals surface area (Å²) in [5, 5.41) is 14.7. The summed E-state index contributed by atoms with van der Waals surface area (Å²) in [7, 11) is 0. The highest BCUT2D eigenvalue weighted by atomic mass is 79.9. The molecule has 19 heavy (non-hydrogen) atoms. The first kappa shape index (κ1) is 14.1. The summed E-state index contributed by atoms with van der Waals surface area (Å²) in [6.45, 7) is 0.633. The highest BCUT2D eigenvalue weighted by Crippen LogP contribution is 2.16. The number of aliphatic hydroxyl groups excluding tert-OH is 1. The Labute approximate surface area is 121 Å². The van der Waals surface area contributed by atoms with E-state index in [4.69, 9.17) is 5.11 Å². The Hall–Kier alpha value is -1.33. The summed E-state index contributed by atoms with van der Waals surface area (Å²) in [4.78, 5) is 11.7. The van der Waals surface area contributed by atoms with Gasteiger partial charge in [-0.2, -0.15) is 0 Å². The van der Waals surface area contributed by atoms with Crippen molar-refractivity contribution in [3.8, 4) is 0 Å². The molecule has 1 aliphatic rings. The summed E-state index contributed by atoms with van der Waals surface area (Å²) >= 11 is 3.37. The van der Waals surface area contributed by atoms with Crippen LogP contribution in [0.2, 0.25) is 0 Å². The maximum atomic E-state index is 11.7. The van der Waals surface area contributed by atoms with Gasteiger partial charge in [0.15, 0.2) is 0 Å². The molecule has 4 nitrogen and oxygen atoms in total. The molecule has 2 amide bonds. The lowest BCUT2D eigenvalue weighted by molar-refractivity contribution is 0.231. The van der Waals surface area contributed by atoms with Crippen molar-refractivity contribution in [1.29, 1.82) is 0 Å². The van der Waals surface area contributed by atoms with Crippen LogP contribution in [0.25, 0.3) is 0 Å². The molecule has 1 aromatic carbocycles. The monoisotopic (exact) mass is 324 g/mol. The Morgan fingerprint density at radius 3 is 2.68 bits per heavy atom. The summed E-state index contributed by atoms with van der Waals surface area (Å²) in [5.74, 6) is 0.164. The van der Waals surface area contributed by atoms with E-state index >= 15 is 0 Å². The summed E-state index contributed by atoms with van der Waals surface area (Å²) in [6.07, 6.45) is 4.64. The average molecular weight is 325 g/mol. The van der Waals surface area contributed by atoms with Crippen molar-refractivity contribution in [2.24, 2.45) is 5.92 Å².